The fraction of sp³-hybridized carbons (Fsp3) is 0.500. The second kappa shape index (κ2) is 23.3. The molecule has 1 nitrogen and oxygen atoms in total. The summed E-state index contributed by atoms with van der Waals surface area (Å²) in [5, 5.41) is 3.44. The molecular weight excluding hydrogens is 968 g/mol. The molecule has 7 heteroatoms. The zero-order valence-electron chi connectivity index (χ0n) is 14.6. The summed E-state index contributed by atoms with van der Waals surface area (Å²) in [5.41, 5.74) is 6.25. The van der Waals surface area contributed by atoms with E-state index in [1.165, 1.54) is 24.0 Å². The molecule has 0 saturated heterocycles. The molecule has 0 fully saturated rings. The van der Waals surface area contributed by atoms with Crippen LogP contribution in [0.15, 0.2) is 29.8 Å². The van der Waals surface area contributed by atoms with Crippen LogP contribution in [-0.2, 0) is 6.42 Å². The van der Waals surface area contributed by atoms with Crippen molar-refractivity contribution in [2.75, 3.05) is 13.1 Å². The van der Waals surface area contributed by atoms with Gasteiger partial charge in [0.2, 0.25) is 0 Å². The molecule has 1 aromatic rings. The van der Waals surface area contributed by atoms with Gasteiger partial charge in [-0.1, -0.05) is 57.5 Å². The van der Waals surface area contributed by atoms with Crippen LogP contribution in [0.1, 0.15) is 46.6 Å². The van der Waals surface area contributed by atoms with Crippen LogP contribution < -0.4 is 18.6 Å². The first-order valence-electron chi connectivity index (χ1n) is 7.79. The first-order chi connectivity index (χ1) is 11.3. The molecule has 0 aromatic heterocycles. The minimum absolute atomic E-state index is 0. The molecule has 1 aliphatic carbocycles. The van der Waals surface area contributed by atoms with Crippen molar-refractivity contribution < 1.29 is 14.6 Å². The predicted octanol–water partition coefficient (Wildman–Crippen LogP) is 5.21. The molecule has 0 amide bonds. The Balaban J connectivity index is -0.000000345. The molecule has 1 aromatic carbocycles. The quantitative estimate of drug-likeness (QED) is 0.353. The maximum atomic E-state index is 6.21. The average Bonchev–Trinajstić information content (AvgIpc) is 2.99. The van der Waals surface area contributed by atoms with Gasteiger partial charge in [-0.25, -0.2) is 0 Å². The second-order valence-corrected chi connectivity index (χ2v) is 20.1. The largest absolute Gasteiger partial charge is 0.312 e. The van der Waals surface area contributed by atoms with Crippen molar-refractivity contribution in [3.63, 3.8) is 0 Å². The normalized spacial score (nSPS) is 13.6. The van der Waals surface area contributed by atoms with Crippen LogP contribution in [0.3, 0.4) is 0 Å². The first-order valence-corrected chi connectivity index (χ1v) is 25.9. The predicted molar refractivity (Wildman–Crippen MR) is 149 cm³/mol. The fourth-order valence-corrected chi connectivity index (χ4v) is 2.41. The smallest absolute Gasteiger partial charge is 0.0228 e. The Kier molecular flexibility index (Phi) is 28.9. The second-order valence-electron chi connectivity index (χ2n) is 3.90. The van der Waals surface area contributed by atoms with Crippen molar-refractivity contribution in [3.05, 3.63) is 41.0 Å². The van der Waals surface area contributed by atoms with E-state index in [9.17, 15) is 0 Å². The molecule has 0 spiro atoms. The minimum Gasteiger partial charge on any atom is -0.312 e. The summed E-state index contributed by atoms with van der Waals surface area (Å²) in [7, 11) is 0. The van der Waals surface area contributed by atoms with E-state index in [1.807, 2.05) is 13.8 Å². The Morgan fingerprint density at radius 1 is 1.13 bits per heavy atom. The van der Waals surface area contributed by atoms with E-state index in [-0.39, 0.29) is 24.0 Å². The van der Waals surface area contributed by atoms with Gasteiger partial charge in [-0.15, -0.1) is 24.0 Å². The van der Waals surface area contributed by atoms with E-state index in [2.05, 4.69) is 104 Å². The molecule has 0 saturated carbocycles. The number of rotatable bonds is 0. The number of nitrogens with one attached hydrogen (secondary N) is 1. The van der Waals surface area contributed by atoms with Crippen molar-refractivity contribution in [1.82, 2.24) is 5.32 Å². The van der Waals surface area contributed by atoms with Crippen LogP contribution >= 0.6 is 98.4 Å². The summed E-state index contributed by atoms with van der Waals surface area (Å²) < 4.78 is 6.21. The van der Waals surface area contributed by atoms with Gasteiger partial charge >= 0.3 is 50.5 Å². The molecule has 0 atom stereocenters. The summed E-state index contributed by atoms with van der Waals surface area (Å²) in [6, 6.07) is 8.80. The summed E-state index contributed by atoms with van der Waals surface area (Å²) in [6.07, 6.45) is 2.44. The minimum atomic E-state index is 0. The monoisotopic (exact) mass is 995 g/mol. The molecule has 3 rings (SSSR count). The summed E-state index contributed by atoms with van der Waals surface area (Å²) in [4.78, 5) is 0. The van der Waals surface area contributed by atoms with Crippen LogP contribution in [0.25, 0.3) is 5.57 Å². The topological polar surface area (TPSA) is 12.0 Å². The molecule has 2 aliphatic rings. The molecule has 1 N–H and O–H groups in total. The van der Waals surface area contributed by atoms with Crippen LogP contribution in [0.4, 0.5) is 0 Å². The Morgan fingerprint density at radius 2 is 1.65 bits per heavy atom. The molecular formula is C16H26I6N-. The maximum absolute atomic E-state index is 6.21. The standard InChI is InChI=1S/C12H13N.2C2H6.I3.I2.HI/c1-2-4-11-9(3-1)7-10-5-6-13-8-12(10)11;2*1-2;1-3-2;1-2;/h1-4,13H,5-8H2;2*1-2H3;;;1H/q;;;-1;;/i;1D;;;;. The number of hydrogen-bond donors (Lipinski definition) is 1. The van der Waals surface area contributed by atoms with Gasteiger partial charge in [0.05, 0.1) is 0 Å². The van der Waals surface area contributed by atoms with Crippen molar-refractivity contribution in [1.29, 1.82) is 0 Å². The third-order valence-electron chi connectivity index (χ3n) is 3.08. The molecule has 138 valence electrons. The van der Waals surface area contributed by atoms with Gasteiger partial charge in [-0.2, -0.15) is 0 Å². The fourth-order valence-electron chi connectivity index (χ4n) is 2.41. The van der Waals surface area contributed by atoms with Crippen LogP contribution in [0.2, 0.25) is 0 Å². The van der Waals surface area contributed by atoms with Gasteiger partial charge in [-0.3, -0.25) is 0 Å². The summed E-state index contributed by atoms with van der Waals surface area (Å²) >= 11 is 9.54. The molecule has 0 unspecified atom stereocenters. The van der Waals surface area contributed by atoms with Gasteiger partial charge in [0.15, 0.2) is 0 Å². The van der Waals surface area contributed by atoms with Crippen molar-refractivity contribution >= 4 is 104 Å². The van der Waals surface area contributed by atoms with Crippen LogP contribution in [0, 0.1) is 0 Å². The van der Waals surface area contributed by atoms with E-state index in [4.69, 9.17) is 1.37 Å². The zero-order chi connectivity index (χ0) is 18.1. The van der Waals surface area contributed by atoms with E-state index in [1.54, 1.807) is 18.1 Å². The van der Waals surface area contributed by atoms with Crippen molar-refractivity contribution in [2.45, 2.75) is 40.5 Å². The molecule has 23 heavy (non-hydrogen) atoms. The van der Waals surface area contributed by atoms with Crippen LogP contribution in [-0.4, -0.2) is 13.1 Å². The molecule has 0 radical (unpaired) electrons. The third-order valence-corrected chi connectivity index (χ3v) is 3.08. The van der Waals surface area contributed by atoms with Gasteiger partial charge < -0.3 is 5.32 Å². The zero-order valence-corrected chi connectivity index (χ0v) is 26.8. The summed E-state index contributed by atoms with van der Waals surface area (Å²) in [5.74, 6) is 0. The van der Waals surface area contributed by atoms with Gasteiger partial charge in [-0.05, 0) is 36.1 Å². The summed E-state index contributed by atoms with van der Waals surface area (Å²) in [6.45, 7) is 8.53. The van der Waals surface area contributed by atoms with Crippen molar-refractivity contribution in [2.24, 2.45) is 0 Å². The average molecular weight is 995 g/mol. The number of fused-ring (bicyclic) bond motifs is 2. The van der Waals surface area contributed by atoms with Gasteiger partial charge in [0, 0.05) is 45.1 Å². The molecule has 1 heterocycles. The SMILES string of the molecule is CC.I.II.I[I-]I.[2H]CC.c1ccc2c(c1)CC1=C2CNCC1. The van der Waals surface area contributed by atoms with E-state index in [0.717, 1.165) is 13.1 Å². The Hall–Kier alpha value is 3.30. The van der Waals surface area contributed by atoms with Gasteiger partial charge in [0.25, 0.3) is 0 Å². The van der Waals surface area contributed by atoms with Crippen molar-refractivity contribution in [3.8, 4) is 0 Å². The van der Waals surface area contributed by atoms with E-state index < -0.39 is 0 Å². The molecule has 0 bridgehead atoms. The number of hydrogen-bond acceptors (Lipinski definition) is 1. The number of halogens is 6. The van der Waals surface area contributed by atoms with E-state index in [0.29, 0.717) is 20.2 Å². The third kappa shape index (κ3) is 12.4. The van der Waals surface area contributed by atoms with E-state index >= 15 is 0 Å². The maximum Gasteiger partial charge on any atom is 0.0228 e. The Morgan fingerprint density at radius 3 is 2.22 bits per heavy atom. The van der Waals surface area contributed by atoms with Gasteiger partial charge in [0.1, 0.15) is 0 Å². The first kappa shape index (κ1) is 28.5. The Labute approximate surface area is 214 Å². The van der Waals surface area contributed by atoms with Crippen LogP contribution in [0.5, 0.6) is 0 Å². The number of benzene rings is 1. The molecule has 1 aliphatic heterocycles. The Bertz CT molecular complexity index is 427.